The number of nitrogens with one attached hydrogen (secondary N) is 1. The van der Waals surface area contributed by atoms with E-state index in [2.05, 4.69) is 47.1 Å². The molecule has 1 aromatic heterocycles. The van der Waals surface area contributed by atoms with Crippen LogP contribution in [-0.2, 0) is 13.1 Å². The van der Waals surface area contributed by atoms with Crippen LogP contribution >= 0.6 is 27.5 Å². The molecule has 1 aromatic rings. The topological polar surface area (TPSA) is 29.9 Å². The van der Waals surface area contributed by atoms with Gasteiger partial charge in [-0.2, -0.15) is 5.10 Å². The van der Waals surface area contributed by atoms with Gasteiger partial charge in [0.2, 0.25) is 0 Å². The molecule has 0 aromatic carbocycles. The van der Waals surface area contributed by atoms with E-state index < -0.39 is 0 Å². The van der Waals surface area contributed by atoms with Crippen LogP contribution in [0.3, 0.4) is 0 Å². The summed E-state index contributed by atoms with van der Waals surface area (Å²) in [5.74, 6) is 1.30. The molecule has 0 aliphatic rings. The van der Waals surface area contributed by atoms with Gasteiger partial charge in [-0.05, 0) is 42.1 Å². The Bertz CT molecular complexity index is 377. The van der Waals surface area contributed by atoms with Gasteiger partial charge in [0.15, 0.2) is 0 Å². The van der Waals surface area contributed by atoms with Crippen molar-refractivity contribution in [3.05, 3.63) is 15.9 Å². The normalized spacial score (nSPS) is 13.3. The molecule has 0 radical (unpaired) electrons. The van der Waals surface area contributed by atoms with E-state index in [9.17, 15) is 0 Å². The monoisotopic (exact) mass is 335 g/mol. The zero-order valence-electron chi connectivity index (χ0n) is 11.6. The average molecular weight is 337 g/mol. The fraction of sp³-hybridized carbons (Fsp3) is 0.769. The second-order valence-electron chi connectivity index (χ2n) is 5.02. The SMILES string of the molecule is CCn1nc(C)c(Br)c1CNC(CCl)CC(C)C. The van der Waals surface area contributed by atoms with Crippen LogP contribution in [0.2, 0.25) is 0 Å². The third kappa shape index (κ3) is 4.25. The third-order valence-electron chi connectivity index (χ3n) is 2.95. The van der Waals surface area contributed by atoms with Gasteiger partial charge < -0.3 is 5.32 Å². The summed E-state index contributed by atoms with van der Waals surface area (Å²) in [6, 6.07) is 0.360. The van der Waals surface area contributed by atoms with Gasteiger partial charge >= 0.3 is 0 Å². The summed E-state index contributed by atoms with van der Waals surface area (Å²) in [4.78, 5) is 0. The van der Waals surface area contributed by atoms with E-state index in [0.717, 1.165) is 29.7 Å². The first-order valence-corrected chi connectivity index (χ1v) is 7.83. The fourth-order valence-electron chi connectivity index (χ4n) is 2.05. The molecule has 1 rings (SSSR count). The lowest BCUT2D eigenvalue weighted by molar-refractivity contribution is 0.435. The molecule has 1 unspecified atom stereocenters. The lowest BCUT2D eigenvalue weighted by Crippen LogP contribution is -2.32. The number of nitrogens with zero attached hydrogens (tertiary/aromatic N) is 2. The van der Waals surface area contributed by atoms with Gasteiger partial charge in [0.25, 0.3) is 0 Å². The third-order valence-corrected chi connectivity index (χ3v) is 4.36. The molecule has 0 bridgehead atoms. The second-order valence-corrected chi connectivity index (χ2v) is 6.13. The molecule has 0 aliphatic heterocycles. The van der Waals surface area contributed by atoms with Gasteiger partial charge in [-0.15, -0.1) is 11.6 Å². The van der Waals surface area contributed by atoms with Crippen LogP contribution in [0, 0.1) is 12.8 Å². The van der Waals surface area contributed by atoms with Gasteiger partial charge in [0.1, 0.15) is 0 Å². The molecular formula is C13H23BrClN3. The number of aryl methyl sites for hydroxylation is 2. The predicted molar refractivity (Wildman–Crippen MR) is 81.1 cm³/mol. The molecule has 0 aliphatic carbocycles. The van der Waals surface area contributed by atoms with E-state index >= 15 is 0 Å². The van der Waals surface area contributed by atoms with Gasteiger partial charge in [-0.1, -0.05) is 13.8 Å². The summed E-state index contributed by atoms with van der Waals surface area (Å²) in [5.41, 5.74) is 2.24. The largest absolute Gasteiger partial charge is 0.307 e. The number of aromatic nitrogens is 2. The first kappa shape index (κ1) is 16.0. The molecule has 104 valence electrons. The summed E-state index contributed by atoms with van der Waals surface area (Å²) in [6.07, 6.45) is 1.10. The van der Waals surface area contributed by atoms with E-state index in [1.165, 1.54) is 5.69 Å². The first-order valence-electron chi connectivity index (χ1n) is 6.50. The number of hydrogen-bond donors (Lipinski definition) is 1. The molecule has 0 saturated carbocycles. The smallest absolute Gasteiger partial charge is 0.0739 e. The van der Waals surface area contributed by atoms with Crippen LogP contribution in [0.25, 0.3) is 0 Å². The Morgan fingerprint density at radius 1 is 1.44 bits per heavy atom. The predicted octanol–water partition coefficient (Wildman–Crippen LogP) is 3.72. The maximum atomic E-state index is 6.00. The van der Waals surface area contributed by atoms with Crippen molar-refractivity contribution >= 4 is 27.5 Å². The highest BCUT2D eigenvalue weighted by atomic mass is 79.9. The van der Waals surface area contributed by atoms with Gasteiger partial charge in [-0.25, -0.2) is 0 Å². The Hall–Kier alpha value is -0.0600. The summed E-state index contributed by atoms with van der Waals surface area (Å²) < 4.78 is 3.14. The van der Waals surface area contributed by atoms with E-state index in [1.54, 1.807) is 0 Å². The van der Waals surface area contributed by atoms with E-state index in [4.69, 9.17) is 11.6 Å². The minimum absolute atomic E-state index is 0.360. The minimum Gasteiger partial charge on any atom is -0.307 e. The van der Waals surface area contributed by atoms with Crippen molar-refractivity contribution in [3.8, 4) is 0 Å². The van der Waals surface area contributed by atoms with Crippen molar-refractivity contribution < 1.29 is 0 Å². The standard InChI is InChI=1S/C13H23BrClN3/c1-5-18-12(13(14)10(4)17-18)8-16-11(7-15)6-9(2)3/h9,11,16H,5-8H2,1-4H3. The number of hydrogen-bond acceptors (Lipinski definition) is 2. The fourth-order valence-corrected chi connectivity index (χ4v) is 2.71. The Morgan fingerprint density at radius 2 is 2.11 bits per heavy atom. The van der Waals surface area contributed by atoms with Crippen molar-refractivity contribution in [1.82, 2.24) is 15.1 Å². The Morgan fingerprint density at radius 3 is 2.61 bits per heavy atom. The minimum atomic E-state index is 0.360. The summed E-state index contributed by atoms with van der Waals surface area (Å²) in [7, 11) is 0. The molecule has 0 fully saturated rings. The summed E-state index contributed by atoms with van der Waals surface area (Å²) >= 11 is 9.61. The second kappa shape index (κ2) is 7.51. The molecule has 5 heteroatoms. The van der Waals surface area contributed by atoms with Gasteiger partial charge in [0, 0.05) is 25.0 Å². The molecule has 0 amide bonds. The number of rotatable bonds is 7. The van der Waals surface area contributed by atoms with E-state index in [1.807, 2.05) is 11.6 Å². The van der Waals surface area contributed by atoms with Crippen LogP contribution in [-0.4, -0.2) is 21.7 Å². The van der Waals surface area contributed by atoms with Gasteiger partial charge in [0.05, 0.1) is 15.9 Å². The highest BCUT2D eigenvalue weighted by Crippen LogP contribution is 2.21. The maximum Gasteiger partial charge on any atom is 0.0739 e. The maximum absolute atomic E-state index is 6.00. The number of alkyl halides is 1. The molecule has 3 nitrogen and oxygen atoms in total. The van der Waals surface area contributed by atoms with Crippen molar-refractivity contribution in [2.45, 2.75) is 53.2 Å². The first-order chi connectivity index (χ1) is 8.49. The molecule has 0 spiro atoms. The summed E-state index contributed by atoms with van der Waals surface area (Å²) in [6.45, 7) is 10.3. The Balaban J connectivity index is 2.67. The van der Waals surface area contributed by atoms with Crippen molar-refractivity contribution in [2.75, 3.05) is 5.88 Å². The lowest BCUT2D eigenvalue weighted by atomic mass is 10.1. The van der Waals surface area contributed by atoms with Crippen LogP contribution in [0.15, 0.2) is 4.47 Å². The molecule has 1 N–H and O–H groups in total. The quantitative estimate of drug-likeness (QED) is 0.769. The molecular weight excluding hydrogens is 314 g/mol. The van der Waals surface area contributed by atoms with Crippen LogP contribution in [0.5, 0.6) is 0 Å². The lowest BCUT2D eigenvalue weighted by Gasteiger charge is -2.18. The van der Waals surface area contributed by atoms with Crippen LogP contribution in [0.1, 0.15) is 38.6 Å². The van der Waals surface area contributed by atoms with E-state index in [-0.39, 0.29) is 0 Å². The molecule has 18 heavy (non-hydrogen) atoms. The van der Waals surface area contributed by atoms with Crippen LogP contribution < -0.4 is 5.32 Å². The highest BCUT2D eigenvalue weighted by Gasteiger charge is 2.14. The Labute approximate surface area is 123 Å². The average Bonchev–Trinajstić information content (AvgIpc) is 2.60. The zero-order chi connectivity index (χ0) is 13.7. The van der Waals surface area contributed by atoms with Crippen molar-refractivity contribution in [3.63, 3.8) is 0 Å². The zero-order valence-corrected chi connectivity index (χ0v) is 14.0. The summed E-state index contributed by atoms with van der Waals surface area (Å²) in [5, 5.41) is 8.01. The molecule has 1 heterocycles. The van der Waals surface area contributed by atoms with E-state index in [0.29, 0.717) is 17.8 Å². The van der Waals surface area contributed by atoms with Crippen LogP contribution in [0.4, 0.5) is 0 Å². The number of halogens is 2. The van der Waals surface area contributed by atoms with Gasteiger partial charge in [-0.3, -0.25) is 4.68 Å². The molecule has 0 saturated heterocycles. The Kier molecular flexibility index (Phi) is 6.67. The van der Waals surface area contributed by atoms with Crippen molar-refractivity contribution in [1.29, 1.82) is 0 Å². The highest BCUT2D eigenvalue weighted by molar-refractivity contribution is 9.10. The van der Waals surface area contributed by atoms with Crippen molar-refractivity contribution in [2.24, 2.45) is 5.92 Å². The molecule has 1 atom stereocenters.